The molecule has 8 aliphatic rings. The van der Waals surface area contributed by atoms with Gasteiger partial charge in [-0.15, -0.1) is 0 Å². The molecule has 4 heterocycles. The van der Waals surface area contributed by atoms with Crippen molar-refractivity contribution >= 4 is 5.97 Å². The van der Waals surface area contributed by atoms with Crippen LogP contribution in [0.4, 0.5) is 0 Å². The summed E-state index contributed by atoms with van der Waals surface area (Å²) in [5, 5.41) is 96.6. The fourth-order valence-corrected chi connectivity index (χ4v) is 13.0. The number of rotatable bonds is 10. The number of hydrogen-bond acceptors (Lipinski definition) is 18. The Morgan fingerprint density at radius 1 is 0.733 bits per heavy atom. The molecule has 0 unspecified atom stereocenters. The fourth-order valence-electron chi connectivity index (χ4n) is 13.0. The maximum Gasteiger partial charge on any atom is 0.331 e. The molecule has 0 amide bonds. The number of esters is 1. The van der Waals surface area contributed by atoms with Gasteiger partial charge in [0, 0.05) is 18.6 Å². The molecule has 0 spiro atoms. The monoisotopic (exact) mass is 858 g/mol. The summed E-state index contributed by atoms with van der Waals surface area (Å²) in [6.07, 6.45) is -11.9. The van der Waals surface area contributed by atoms with Crippen LogP contribution in [0.2, 0.25) is 0 Å². The zero-order chi connectivity index (χ0) is 43.1. The van der Waals surface area contributed by atoms with Crippen LogP contribution >= 0.6 is 0 Å². The number of ether oxygens (including phenoxy) is 8. The van der Waals surface area contributed by atoms with Crippen LogP contribution in [0.15, 0.2) is 11.6 Å². The predicted octanol–water partition coefficient (Wildman–Crippen LogP) is -1.24. The number of carbonyl (C=O) groups is 1. The molecule has 4 aliphatic carbocycles. The van der Waals surface area contributed by atoms with E-state index in [1.807, 2.05) is 0 Å². The Labute approximate surface area is 349 Å². The number of carbonyl (C=O) groups excluding carboxylic acids is 1. The molecule has 4 aliphatic heterocycles. The number of cyclic esters (lactones) is 1. The normalized spacial score (nSPS) is 54.4. The molecule has 60 heavy (non-hydrogen) atoms. The van der Waals surface area contributed by atoms with E-state index in [4.69, 9.17) is 37.9 Å². The zero-order valence-electron chi connectivity index (χ0n) is 34.8. The molecule has 18 nitrogen and oxygen atoms in total. The molecular formula is C42H66O18. The van der Waals surface area contributed by atoms with E-state index in [2.05, 4.69) is 13.8 Å². The van der Waals surface area contributed by atoms with E-state index in [0.717, 1.165) is 63.4 Å². The van der Waals surface area contributed by atoms with E-state index in [1.165, 1.54) is 7.11 Å². The van der Waals surface area contributed by atoms with E-state index >= 15 is 0 Å². The molecule has 4 saturated carbocycles. The van der Waals surface area contributed by atoms with E-state index in [9.17, 15) is 50.8 Å². The molecule has 0 aromatic carbocycles. The second-order valence-corrected chi connectivity index (χ2v) is 19.4. The van der Waals surface area contributed by atoms with Crippen LogP contribution in [0.1, 0.15) is 78.6 Å². The van der Waals surface area contributed by atoms with Gasteiger partial charge in [-0.25, -0.2) is 4.79 Å². The molecule has 8 rings (SSSR count). The molecule has 9 N–H and O–H groups in total. The Bertz CT molecular complexity index is 1570. The average molecular weight is 859 g/mol. The van der Waals surface area contributed by atoms with E-state index in [1.54, 1.807) is 13.0 Å². The van der Waals surface area contributed by atoms with Crippen LogP contribution in [-0.2, 0) is 42.7 Å². The fraction of sp³-hybridized carbons (Fsp3) is 0.929. The third-order valence-electron chi connectivity index (χ3n) is 16.5. The lowest BCUT2D eigenvalue weighted by atomic mass is 9.43. The number of fused-ring (bicyclic) bond motifs is 5. The standard InChI is InChI=1S/C42H66O18/c1-18-35(60-38-33(50)31(48)29(46)26(59-38)17-55-37-32(49)30(47)28(45)25(15-43)58-37)36(53-4)34(51)39(56-18)57-21-7-10-40(2)20(14-21)5-6-24-23(40)8-11-41(3)22(9-12-42(24,41)52)19-13-27(44)54-16-19/h13,18,20-26,28-39,43,45-52H,5-12,14-17H2,1-4H3/t18-,20+,21-,22+,23-,24+,25+,26+,28+,29+,30-,31-,32+,33+,34+,35-,36-,37+,38-,39-,40-,41+,42-/m0/s1. The molecule has 18 heteroatoms. The van der Waals surface area contributed by atoms with Crippen molar-refractivity contribution in [1.29, 1.82) is 0 Å². The van der Waals surface area contributed by atoms with Crippen molar-refractivity contribution in [3.63, 3.8) is 0 Å². The zero-order valence-corrected chi connectivity index (χ0v) is 34.8. The Morgan fingerprint density at radius 2 is 1.42 bits per heavy atom. The number of methoxy groups -OCH3 is 1. The smallest absolute Gasteiger partial charge is 0.331 e. The summed E-state index contributed by atoms with van der Waals surface area (Å²) in [7, 11) is 1.39. The van der Waals surface area contributed by atoms with Crippen molar-refractivity contribution in [1.82, 2.24) is 0 Å². The van der Waals surface area contributed by atoms with Gasteiger partial charge >= 0.3 is 5.97 Å². The minimum atomic E-state index is -1.77. The van der Waals surface area contributed by atoms with Crippen LogP contribution in [0.3, 0.4) is 0 Å². The first-order chi connectivity index (χ1) is 28.4. The highest BCUT2D eigenvalue weighted by molar-refractivity contribution is 5.85. The van der Waals surface area contributed by atoms with Crippen molar-refractivity contribution < 1.29 is 88.6 Å². The second-order valence-electron chi connectivity index (χ2n) is 19.4. The minimum Gasteiger partial charge on any atom is -0.458 e. The first-order valence-electron chi connectivity index (χ1n) is 21.8. The Morgan fingerprint density at radius 3 is 2.10 bits per heavy atom. The van der Waals surface area contributed by atoms with Crippen LogP contribution in [0.25, 0.3) is 0 Å². The maximum absolute atomic E-state index is 12.6. The number of aliphatic hydroxyl groups excluding tert-OH is 8. The summed E-state index contributed by atoms with van der Waals surface area (Å²) >= 11 is 0. The van der Waals surface area contributed by atoms with Crippen LogP contribution < -0.4 is 0 Å². The average Bonchev–Trinajstić information content (AvgIpc) is 3.78. The SMILES string of the molecule is CO[C@H]1[C@@H](O)[C@H](O[C@H]2CC[C@@]3(C)[C@H](CC[C@@H]4[C@@H]3CC[C@]3(C)[C@@H](C5=CC(=O)OC5)CC[C@]43O)C2)O[C@@H](C)[C@@H]1O[C@@H]1O[C@H](CO[C@@H]2O[C@H](CO)[C@@H](O)[C@H](O)[C@H]2O)[C@@H](O)[C@H](O)[C@H]1O. The Balaban J connectivity index is 0.875. The van der Waals surface area contributed by atoms with E-state index < -0.39 is 111 Å². The molecule has 0 aromatic rings. The third-order valence-corrected chi connectivity index (χ3v) is 16.5. The van der Waals surface area contributed by atoms with Crippen molar-refractivity contribution in [3.05, 3.63) is 11.6 Å². The Hall–Kier alpha value is -1.43. The van der Waals surface area contributed by atoms with Gasteiger partial charge in [-0.1, -0.05) is 13.8 Å². The quantitative estimate of drug-likeness (QED) is 0.0918. The summed E-state index contributed by atoms with van der Waals surface area (Å²) < 4.78 is 46.6. The minimum absolute atomic E-state index is 0.00760. The highest BCUT2D eigenvalue weighted by atomic mass is 16.8. The summed E-state index contributed by atoms with van der Waals surface area (Å²) in [5.74, 6) is 0.725. The summed E-state index contributed by atoms with van der Waals surface area (Å²) in [6, 6.07) is 0. The van der Waals surface area contributed by atoms with Crippen LogP contribution in [0.5, 0.6) is 0 Å². The molecule has 0 bridgehead atoms. The summed E-state index contributed by atoms with van der Waals surface area (Å²) in [6.45, 7) is 5.42. The molecule has 0 aromatic heterocycles. The van der Waals surface area contributed by atoms with E-state index in [0.29, 0.717) is 18.4 Å². The van der Waals surface area contributed by atoms with Gasteiger partial charge in [-0.2, -0.15) is 0 Å². The number of hydrogen-bond donors (Lipinski definition) is 9. The van der Waals surface area contributed by atoms with Gasteiger partial charge in [0.1, 0.15) is 73.8 Å². The second kappa shape index (κ2) is 17.2. The highest BCUT2D eigenvalue weighted by Gasteiger charge is 2.68. The Kier molecular flexibility index (Phi) is 12.9. The van der Waals surface area contributed by atoms with Gasteiger partial charge in [0.2, 0.25) is 0 Å². The van der Waals surface area contributed by atoms with Crippen molar-refractivity contribution in [2.24, 2.45) is 34.5 Å². The maximum atomic E-state index is 12.6. The highest BCUT2D eigenvalue weighted by Crippen LogP contribution is 2.70. The van der Waals surface area contributed by atoms with Crippen molar-refractivity contribution in [3.8, 4) is 0 Å². The lowest BCUT2D eigenvalue weighted by Crippen LogP contribution is -2.65. The summed E-state index contributed by atoms with van der Waals surface area (Å²) in [5.41, 5.74) is -0.0850. The first kappa shape index (κ1) is 45.1. The molecule has 23 atom stereocenters. The predicted molar refractivity (Wildman–Crippen MR) is 203 cm³/mol. The third kappa shape index (κ3) is 7.50. The lowest BCUT2D eigenvalue weighted by molar-refractivity contribution is -0.367. The van der Waals surface area contributed by atoms with Crippen molar-refractivity contribution in [2.45, 2.75) is 182 Å². The number of aliphatic hydroxyl groups is 9. The molecule has 7 fully saturated rings. The van der Waals surface area contributed by atoms with Crippen LogP contribution in [0, 0.1) is 34.5 Å². The topological polar surface area (TPSA) is 273 Å². The largest absolute Gasteiger partial charge is 0.458 e. The first-order valence-corrected chi connectivity index (χ1v) is 21.8. The van der Waals surface area contributed by atoms with Gasteiger partial charge < -0.3 is 83.9 Å². The lowest BCUT2D eigenvalue weighted by Gasteiger charge is -2.64. The molecule has 342 valence electrons. The van der Waals surface area contributed by atoms with Gasteiger partial charge in [-0.05, 0) is 99.4 Å². The van der Waals surface area contributed by atoms with Gasteiger partial charge in [0.25, 0.3) is 0 Å². The molecule has 3 saturated heterocycles. The molecular weight excluding hydrogens is 792 g/mol. The van der Waals surface area contributed by atoms with Crippen LogP contribution in [-0.4, -0.2) is 183 Å². The summed E-state index contributed by atoms with van der Waals surface area (Å²) in [4.78, 5) is 12.0. The van der Waals surface area contributed by atoms with Crippen molar-refractivity contribution in [2.75, 3.05) is 26.9 Å². The van der Waals surface area contributed by atoms with Gasteiger partial charge in [0.05, 0.1) is 31.0 Å². The van der Waals surface area contributed by atoms with Gasteiger partial charge in [-0.3, -0.25) is 0 Å². The van der Waals surface area contributed by atoms with Gasteiger partial charge in [0.15, 0.2) is 18.9 Å². The van der Waals surface area contributed by atoms with E-state index in [-0.39, 0.29) is 34.7 Å². The molecule has 0 radical (unpaired) electrons.